The van der Waals surface area contributed by atoms with Crippen molar-refractivity contribution in [2.24, 2.45) is 0 Å². The summed E-state index contributed by atoms with van der Waals surface area (Å²) in [7, 11) is 3.31. The average Bonchev–Trinajstić information content (AvgIpc) is 3.27. The van der Waals surface area contributed by atoms with Crippen molar-refractivity contribution in [3.8, 4) is 0 Å². The Morgan fingerprint density at radius 2 is 1.67 bits per heavy atom. The number of nitrogens with one attached hydrogen (secondary N) is 1. The highest BCUT2D eigenvalue weighted by Crippen LogP contribution is 2.24. The molecular formula is C25H26N4O4. The smallest absolute Gasteiger partial charge is 0.295 e. The molecule has 33 heavy (non-hydrogen) atoms. The summed E-state index contributed by atoms with van der Waals surface area (Å²) in [6.45, 7) is 2.81. The van der Waals surface area contributed by atoms with Gasteiger partial charge in [0.05, 0.1) is 16.6 Å². The number of H-pyrrole nitrogens is 1. The number of rotatable bonds is 4. The van der Waals surface area contributed by atoms with Crippen molar-refractivity contribution < 1.29 is 19.2 Å². The Morgan fingerprint density at radius 1 is 0.939 bits per heavy atom. The molecule has 170 valence electrons. The van der Waals surface area contributed by atoms with E-state index in [4.69, 9.17) is 0 Å². The van der Waals surface area contributed by atoms with Gasteiger partial charge in [0.15, 0.2) is 0 Å². The predicted molar refractivity (Wildman–Crippen MR) is 124 cm³/mol. The second-order valence-corrected chi connectivity index (χ2v) is 8.42. The number of fused-ring (bicyclic) bond motifs is 1. The van der Waals surface area contributed by atoms with E-state index in [1.165, 1.54) is 16.0 Å². The molecule has 0 saturated carbocycles. The number of carbonyl (C=O) groups is 4. The maximum atomic E-state index is 13.1. The molecule has 1 atom stereocenters. The van der Waals surface area contributed by atoms with E-state index in [0.717, 1.165) is 0 Å². The Kier molecular flexibility index (Phi) is 6.00. The molecule has 1 aromatic heterocycles. The summed E-state index contributed by atoms with van der Waals surface area (Å²) in [5, 5.41) is 0.534. The Hall–Kier alpha value is -3.94. The van der Waals surface area contributed by atoms with Gasteiger partial charge in [-0.2, -0.15) is 0 Å². The molecule has 0 aliphatic carbocycles. The van der Waals surface area contributed by atoms with Crippen LogP contribution >= 0.6 is 0 Å². The lowest BCUT2D eigenvalue weighted by Crippen LogP contribution is -2.56. The number of hydrogen-bond acceptors (Lipinski definition) is 4. The second-order valence-electron chi connectivity index (χ2n) is 8.42. The Labute approximate surface area is 191 Å². The van der Waals surface area contributed by atoms with Gasteiger partial charge in [0.25, 0.3) is 23.5 Å². The third kappa shape index (κ3) is 4.11. The van der Waals surface area contributed by atoms with Gasteiger partial charge in [-0.15, -0.1) is 0 Å². The van der Waals surface area contributed by atoms with Crippen LogP contribution in [0.15, 0.2) is 54.7 Å². The molecule has 4 rings (SSSR count). The summed E-state index contributed by atoms with van der Waals surface area (Å²) < 4.78 is 0. The van der Waals surface area contributed by atoms with Crippen LogP contribution in [0.5, 0.6) is 0 Å². The standard InChI is InChI=1S/C25H26N4O4/c1-16-15-28(23(31)17-8-5-4-6-9-17)12-13-29(16)25(33)22(30)20-14-26-21-18(20)10-7-11-19(21)24(32)27(2)3/h4-11,14,16,26H,12-13,15H2,1-3H3/t16-/m1/s1. The maximum absolute atomic E-state index is 13.1. The molecule has 0 bridgehead atoms. The first kappa shape index (κ1) is 22.3. The van der Waals surface area contributed by atoms with Crippen molar-refractivity contribution in [2.75, 3.05) is 33.7 Å². The molecule has 8 nitrogen and oxygen atoms in total. The topological polar surface area (TPSA) is 93.8 Å². The van der Waals surface area contributed by atoms with Crippen LogP contribution in [0, 0.1) is 0 Å². The SMILES string of the molecule is C[C@@H]1CN(C(=O)c2ccccc2)CCN1C(=O)C(=O)c1c[nH]c2c(C(=O)N(C)C)cccc12. The number of aromatic nitrogens is 1. The zero-order valence-electron chi connectivity index (χ0n) is 18.9. The molecule has 0 spiro atoms. The summed E-state index contributed by atoms with van der Waals surface area (Å²) in [5.74, 6) is -1.53. The van der Waals surface area contributed by atoms with Gasteiger partial charge < -0.3 is 19.7 Å². The minimum atomic E-state index is -0.634. The Balaban J connectivity index is 1.52. The molecule has 1 fully saturated rings. The maximum Gasteiger partial charge on any atom is 0.295 e. The quantitative estimate of drug-likeness (QED) is 0.492. The van der Waals surface area contributed by atoms with Crippen molar-refractivity contribution >= 4 is 34.4 Å². The van der Waals surface area contributed by atoms with E-state index in [9.17, 15) is 19.2 Å². The molecule has 2 heterocycles. The summed E-state index contributed by atoms with van der Waals surface area (Å²) in [6, 6.07) is 13.8. The summed E-state index contributed by atoms with van der Waals surface area (Å²) in [4.78, 5) is 59.1. The first-order valence-corrected chi connectivity index (χ1v) is 10.8. The molecular weight excluding hydrogens is 420 g/mol. The molecule has 3 aromatic rings. The number of piperazine rings is 1. The molecule has 1 aliphatic rings. The second kappa shape index (κ2) is 8.90. The zero-order chi connectivity index (χ0) is 23.7. The van der Waals surface area contributed by atoms with E-state index in [-0.39, 0.29) is 30.0 Å². The first-order valence-electron chi connectivity index (χ1n) is 10.8. The lowest BCUT2D eigenvalue weighted by atomic mass is 10.0. The molecule has 0 unspecified atom stereocenters. The van der Waals surface area contributed by atoms with Crippen LogP contribution in [-0.4, -0.2) is 83.0 Å². The summed E-state index contributed by atoms with van der Waals surface area (Å²) >= 11 is 0. The lowest BCUT2D eigenvalue weighted by Gasteiger charge is -2.39. The van der Waals surface area contributed by atoms with Gasteiger partial charge in [-0.25, -0.2) is 0 Å². The van der Waals surface area contributed by atoms with Crippen LogP contribution < -0.4 is 0 Å². The fourth-order valence-electron chi connectivity index (χ4n) is 4.21. The monoisotopic (exact) mass is 446 g/mol. The minimum absolute atomic E-state index is 0.0874. The highest BCUT2D eigenvalue weighted by atomic mass is 16.2. The fourth-order valence-corrected chi connectivity index (χ4v) is 4.21. The average molecular weight is 447 g/mol. The molecule has 3 amide bonds. The van der Waals surface area contributed by atoms with E-state index in [1.54, 1.807) is 49.3 Å². The third-order valence-electron chi connectivity index (χ3n) is 5.99. The van der Waals surface area contributed by atoms with Gasteiger partial charge in [0, 0.05) is 56.9 Å². The number of Topliss-reactive ketones (excluding diaryl/α,β-unsaturated/α-hetero) is 1. The van der Waals surface area contributed by atoms with Crippen molar-refractivity contribution in [1.82, 2.24) is 19.7 Å². The van der Waals surface area contributed by atoms with E-state index in [0.29, 0.717) is 35.1 Å². The molecule has 1 saturated heterocycles. The predicted octanol–water partition coefficient (Wildman–Crippen LogP) is 2.43. The van der Waals surface area contributed by atoms with Gasteiger partial charge in [0.2, 0.25) is 0 Å². The van der Waals surface area contributed by atoms with E-state index in [2.05, 4.69) is 4.98 Å². The lowest BCUT2D eigenvalue weighted by molar-refractivity contribution is -0.130. The van der Waals surface area contributed by atoms with Crippen LogP contribution in [-0.2, 0) is 4.79 Å². The van der Waals surface area contributed by atoms with Crippen LogP contribution in [0.25, 0.3) is 10.9 Å². The summed E-state index contributed by atoms with van der Waals surface area (Å²) in [6.07, 6.45) is 1.48. The molecule has 8 heteroatoms. The van der Waals surface area contributed by atoms with Gasteiger partial charge in [-0.05, 0) is 25.1 Å². The van der Waals surface area contributed by atoms with Gasteiger partial charge >= 0.3 is 0 Å². The number of hydrogen-bond donors (Lipinski definition) is 1. The van der Waals surface area contributed by atoms with Crippen LogP contribution in [0.2, 0.25) is 0 Å². The zero-order valence-corrected chi connectivity index (χ0v) is 18.9. The number of aromatic amines is 1. The van der Waals surface area contributed by atoms with E-state index >= 15 is 0 Å². The highest BCUT2D eigenvalue weighted by Gasteiger charge is 2.34. The third-order valence-corrected chi connectivity index (χ3v) is 5.99. The number of carbonyl (C=O) groups excluding carboxylic acids is 4. The number of ketones is 1. The van der Waals surface area contributed by atoms with Gasteiger partial charge in [0.1, 0.15) is 0 Å². The number of nitrogens with zero attached hydrogens (tertiary/aromatic N) is 3. The van der Waals surface area contributed by atoms with Crippen LogP contribution in [0.3, 0.4) is 0 Å². The van der Waals surface area contributed by atoms with Gasteiger partial charge in [-0.1, -0.05) is 30.3 Å². The van der Waals surface area contributed by atoms with E-state index in [1.807, 2.05) is 25.1 Å². The summed E-state index contributed by atoms with van der Waals surface area (Å²) in [5.41, 5.74) is 1.80. The van der Waals surface area contributed by atoms with Crippen LogP contribution in [0.4, 0.5) is 0 Å². The molecule has 1 aliphatic heterocycles. The number of benzene rings is 2. The first-order chi connectivity index (χ1) is 15.8. The normalized spacial score (nSPS) is 16.0. The van der Waals surface area contributed by atoms with Crippen molar-refractivity contribution in [2.45, 2.75) is 13.0 Å². The minimum Gasteiger partial charge on any atom is -0.360 e. The van der Waals surface area contributed by atoms with Crippen molar-refractivity contribution in [3.63, 3.8) is 0 Å². The van der Waals surface area contributed by atoms with Crippen molar-refractivity contribution in [3.05, 3.63) is 71.4 Å². The van der Waals surface area contributed by atoms with Crippen LogP contribution in [0.1, 0.15) is 38.0 Å². The largest absolute Gasteiger partial charge is 0.360 e. The molecule has 2 aromatic carbocycles. The van der Waals surface area contributed by atoms with Gasteiger partial charge in [-0.3, -0.25) is 19.2 Å². The van der Waals surface area contributed by atoms with E-state index < -0.39 is 11.7 Å². The number of amides is 3. The Bertz CT molecular complexity index is 1230. The molecule has 1 N–H and O–H groups in total. The molecule has 0 radical (unpaired) electrons. The fraction of sp³-hybridized carbons (Fsp3) is 0.280. The Morgan fingerprint density at radius 3 is 2.33 bits per heavy atom. The highest BCUT2D eigenvalue weighted by molar-refractivity contribution is 6.45. The number of para-hydroxylation sites is 1. The van der Waals surface area contributed by atoms with Crippen molar-refractivity contribution in [1.29, 1.82) is 0 Å².